The third-order valence-electron chi connectivity index (χ3n) is 5.41. The lowest BCUT2D eigenvalue weighted by atomic mass is 10.1. The number of fused-ring (bicyclic) bond motifs is 1. The average molecular weight is 493 g/mol. The van der Waals surface area contributed by atoms with Crippen molar-refractivity contribution in [1.29, 1.82) is 0 Å². The summed E-state index contributed by atoms with van der Waals surface area (Å²) in [5.41, 5.74) is -0.947. The van der Waals surface area contributed by atoms with Gasteiger partial charge in [0.05, 0.1) is 17.7 Å². The zero-order chi connectivity index (χ0) is 25.6. The molecule has 2 aromatic carbocycles. The van der Waals surface area contributed by atoms with Crippen molar-refractivity contribution in [2.45, 2.75) is 57.9 Å². The molecule has 9 heteroatoms. The minimum absolute atomic E-state index is 0.179. The molecule has 0 spiro atoms. The molecule has 2 aromatic rings. The van der Waals surface area contributed by atoms with E-state index in [0.717, 1.165) is 23.4 Å². The van der Waals surface area contributed by atoms with Crippen molar-refractivity contribution in [1.82, 2.24) is 10.2 Å². The van der Waals surface area contributed by atoms with E-state index in [0.29, 0.717) is 32.4 Å². The number of halogens is 3. The Bertz CT molecular complexity index is 1010. The number of nitrogens with one attached hydrogen (secondary N) is 1. The quantitative estimate of drug-likeness (QED) is 0.497. The van der Waals surface area contributed by atoms with Crippen molar-refractivity contribution >= 4 is 12.0 Å². The predicted octanol–water partition coefficient (Wildman–Crippen LogP) is 5.46. The van der Waals surface area contributed by atoms with Gasteiger partial charge in [0, 0.05) is 19.5 Å². The van der Waals surface area contributed by atoms with Crippen molar-refractivity contribution < 1.29 is 32.2 Å². The van der Waals surface area contributed by atoms with Crippen LogP contribution in [0.5, 0.6) is 5.75 Å². The number of carbonyl (C=O) groups is 2. The molecule has 0 saturated carbocycles. The Balaban J connectivity index is 1.52. The molecule has 1 unspecified atom stereocenters. The van der Waals surface area contributed by atoms with Crippen LogP contribution in [0.2, 0.25) is 0 Å². The van der Waals surface area contributed by atoms with E-state index in [9.17, 15) is 22.8 Å². The smallest absolute Gasteiger partial charge is 0.417 e. The average Bonchev–Trinajstić information content (AvgIpc) is 3.18. The molecule has 0 aliphatic carbocycles. The van der Waals surface area contributed by atoms with Gasteiger partial charge in [-0.15, -0.1) is 0 Å². The Labute approximate surface area is 203 Å². The lowest BCUT2D eigenvalue weighted by molar-refractivity contribution is -0.137. The summed E-state index contributed by atoms with van der Waals surface area (Å²) in [4.78, 5) is 26.7. The van der Waals surface area contributed by atoms with Gasteiger partial charge >= 0.3 is 12.3 Å². The van der Waals surface area contributed by atoms with Crippen molar-refractivity contribution in [3.8, 4) is 5.75 Å². The number of para-hydroxylation sites is 1. The molecule has 1 aliphatic heterocycles. The number of unbranched alkanes of at least 4 members (excludes halogenated alkanes) is 1. The monoisotopic (exact) mass is 492 g/mol. The van der Waals surface area contributed by atoms with Crippen molar-refractivity contribution in [3.63, 3.8) is 0 Å². The molecule has 6 nitrogen and oxygen atoms in total. The van der Waals surface area contributed by atoms with Crippen molar-refractivity contribution in [2.24, 2.45) is 0 Å². The van der Waals surface area contributed by atoms with E-state index in [4.69, 9.17) is 9.47 Å². The normalized spacial score (nSPS) is 15.2. The minimum Gasteiger partial charge on any atom is -0.488 e. The van der Waals surface area contributed by atoms with Crippen LogP contribution in [-0.4, -0.2) is 48.2 Å². The second-order valence-electron chi connectivity index (χ2n) is 9.48. The van der Waals surface area contributed by atoms with Gasteiger partial charge in [0.1, 0.15) is 17.5 Å². The molecule has 0 aromatic heterocycles. The summed E-state index contributed by atoms with van der Waals surface area (Å²) in [6.07, 6.45) is -3.57. The molecule has 2 amide bonds. The maximum atomic E-state index is 13.1. The highest BCUT2D eigenvalue weighted by atomic mass is 19.4. The van der Waals surface area contributed by atoms with E-state index in [-0.39, 0.29) is 12.6 Å². The van der Waals surface area contributed by atoms with Crippen LogP contribution in [0.3, 0.4) is 0 Å². The SMILES string of the molecule is CC(C)(C)OC(=O)N(CCCCNC(=O)c1ccccc1C(F)(F)F)CC1Cc2ccccc2O1. The third-order valence-corrected chi connectivity index (χ3v) is 5.41. The molecular weight excluding hydrogens is 461 g/mol. The highest BCUT2D eigenvalue weighted by molar-refractivity contribution is 5.95. The van der Waals surface area contributed by atoms with E-state index in [2.05, 4.69) is 5.32 Å². The van der Waals surface area contributed by atoms with Gasteiger partial charge in [-0.25, -0.2) is 4.79 Å². The molecule has 0 fully saturated rings. The largest absolute Gasteiger partial charge is 0.488 e. The van der Waals surface area contributed by atoms with E-state index in [1.807, 2.05) is 24.3 Å². The second kappa shape index (κ2) is 11.0. The fourth-order valence-electron chi connectivity index (χ4n) is 3.84. The van der Waals surface area contributed by atoms with E-state index < -0.39 is 34.9 Å². The first-order valence-electron chi connectivity index (χ1n) is 11.6. The highest BCUT2D eigenvalue weighted by Crippen LogP contribution is 2.32. The zero-order valence-electron chi connectivity index (χ0n) is 20.2. The molecule has 0 saturated heterocycles. The first-order chi connectivity index (χ1) is 16.4. The number of benzene rings is 2. The topological polar surface area (TPSA) is 67.9 Å². The van der Waals surface area contributed by atoms with E-state index in [1.54, 1.807) is 25.7 Å². The molecule has 3 rings (SSSR count). The van der Waals surface area contributed by atoms with Gasteiger partial charge in [-0.05, 0) is 57.4 Å². The van der Waals surface area contributed by atoms with Crippen LogP contribution < -0.4 is 10.1 Å². The lowest BCUT2D eigenvalue weighted by Gasteiger charge is -2.29. The number of carbonyl (C=O) groups excluding carboxylic acids is 2. The standard InChI is InChI=1S/C26H31F3N2O4/c1-25(2,3)35-24(33)31(17-19-16-18-10-4-7-13-22(18)34-19)15-9-8-14-30-23(32)20-11-5-6-12-21(20)26(27,28)29/h4-7,10-13,19H,8-9,14-17H2,1-3H3,(H,30,32). The fourth-order valence-corrected chi connectivity index (χ4v) is 3.84. The number of amides is 2. The number of hydrogen-bond acceptors (Lipinski definition) is 4. The highest BCUT2D eigenvalue weighted by Gasteiger charge is 2.34. The van der Waals surface area contributed by atoms with E-state index >= 15 is 0 Å². The first kappa shape index (κ1) is 26.4. The van der Waals surface area contributed by atoms with E-state index in [1.165, 1.54) is 12.1 Å². The number of rotatable bonds is 8. The van der Waals surface area contributed by atoms with Crippen molar-refractivity contribution in [2.75, 3.05) is 19.6 Å². The number of hydrogen-bond donors (Lipinski definition) is 1. The van der Waals surface area contributed by atoms with Crippen LogP contribution in [-0.2, 0) is 17.3 Å². The first-order valence-corrected chi connectivity index (χ1v) is 11.6. The zero-order valence-corrected chi connectivity index (χ0v) is 20.2. The van der Waals surface area contributed by atoms with Gasteiger partial charge in [0.2, 0.25) is 0 Å². The Hall–Kier alpha value is -3.23. The van der Waals surface area contributed by atoms with Crippen LogP contribution >= 0.6 is 0 Å². The van der Waals surface area contributed by atoms with Crippen LogP contribution in [0.4, 0.5) is 18.0 Å². The minimum atomic E-state index is -4.61. The predicted molar refractivity (Wildman–Crippen MR) is 125 cm³/mol. The van der Waals surface area contributed by atoms with Gasteiger partial charge in [0.15, 0.2) is 0 Å². The van der Waals surface area contributed by atoms with Crippen molar-refractivity contribution in [3.05, 3.63) is 65.2 Å². The summed E-state index contributed by atoms with van der Waals surface area (Å²) >= 11 is 0. The Morgan fingerprint density at radius 3 is 2.43 bits per heavy atom. The molecular formula is C26H31F3N2O4. The molecule has 1 atom stereocenters. The van der Waals surface area contributed by atoms with Gasteiger partial charge < -0.3 is 19.7 Å². The van der Waals surface area contributed by atoms with Crippen LogP contribution in [0.1, 0.15) is 55.1 Å². The number of alkyl halides is 3. The summed E-state index contributed by atoms with van der Waals surface area (Å²) in [6.45, 7) is 6.26. The van der Waals surface area contributed by atoms with Gasteiger partial charge in [0.25, 0.3) is 5.91 Å². The fraction of sp³-hybridized carbons (Fsp3) is 0.462. The maximum absolute atomic E-state index is 13.1. The number of ether oxygens (including phenoxy) is 2. The summed E-state index contributed by atoms with van der Waals surface area (Å²) in [5, 5.41) is 2.54. The summed E-state index contributed by atoms with van der Waals surface area (Å²) < 4.78 is 51.0. The third kappa shape index (κ3) is 7.63. The summed E-state index contributed by atoms with van der Waals surface area (Å²) in [6, 6.07) is 12.4. The molecule has 1 heterocycles. The molecule has 1 aliphatic rings. The van der Waals surface area contributed by atoms with Gasteiger partial charge in [-0.3, -0.25) is 4.79 Å². The molecule has 0 bridgehead atoms. The second-order valence-corrected chi connectivity index (χ2v) is 9.48. The lowest BCUT2D eigenvalue weighted by Crippen LogP contribution is -2.43. The van der Waals surface area contributed by atoms with Crippen LogP contribution in [0.25, 0.3) is 0 Å². The molecule has 0 radical (unpaired) electrons. The number of nitrogens with zero attached hydrogens (tertiary/aromatic N) is 1. The van der Waals surface area contributed by atoms with Gasteiger partial charge in [-0.1, -0.05) is 30.3 Å². The molecule has 1 N–H and O–H groups in total. The molecule has 35 heavy (non-hydrogen) atoms. The summed E-state index contributed by atoms with van der Waals surface area (Å²) in [7, 11) is 0. The van der Waals surface area contributed by atoms with Crippen LogP contribution in [0, 0.1) is 0 Å². The Kier molecular flexibility index (Phi) is 8.30. The van der Waals surface area contributed by atoms with Gasteiger partial charge in [-0.2, -0.15) is 13.2 Å². The Morgan fingerprint density at radius 1 is 1.06 bits per heavy atom. The van der Waals surface area contributed by atoms with Crippen LogP contribution in [0.15, 0.2) is 48.5 Å². The maximum Gasteiger partial charge on any atom is 0.417 e. The Morgan fingerprint density at radius 2 is 1.74 bits per heavy atom. The summed E-state index contributed by atoms with van der Waals surface area (Å²) in [5.74, 6) is 0.0301. The molecule has 190 valence electrons.